The van der Waals surface area contributed by atoms with Crippen molar-refractivity contribution in [2.75, 3.05) is 37.7 Å². The van der Waals surface area contributed by atoms with Crippen LogP contribution in [0.25, 0.3) is 0 Å². The lowest BCUT2D eigenvalue weighted by Crippen LogP contribution is -2.50. The van der Waals surface area contributed by atoms with Gasteiger partial charge in [0.05, 0.1) is 35.9 Å². The molecule has 0 aromatic heterocycles. The number of aryl methyl sites for hydroxylation is 1. The van der Waals surface area contributed by atoms with Gasteiger partial charge in [-0.15, -0.1) is 0 Å². The Balaban J connectivity index is 1.99. The number of benzene rings is 2. The van der Waals surface area contributed by atoms with Gasteiger partial charge in [-0.3, -0.25) is 9.52 Å². The number of aliphatic hydroxyl groups is 1. The number of fused-ring (bicyclic) bond motifs is 1. The molecule has 198 valence electrons. The van der Waals surface area contributed by atoms with Gasteiger partial charge in [0.15, 0.2) is 0 Å². The van der Waals surface area contributed by atoms with Crippen molar-refractivity contribution in [3.63, 3.8) is 0 Å². The molecule has 2 N–H and O–H groups in total. The molecule has 3 atom stereocenters. The van der Waals surface area contributed by atoms with Crippen molar-refractivity contribution in [1.82, 2.24) is 9.21 Å². The van der Waals surface area contributed by atoms with Crippen LogP contribution in [-0.2, 0) is 20.0 Å². The van der Waals surface area contributed by atoms with Gasteiger partial charge in [-0.05, 0) is 44.2 Å². The van der Waals surface area contributed by atoms with E-state index in [4.69, 9.17) is 4.74 Å². The number of hydrogen-bond donors (Lipinski definition) is 2. The Bertz CT molecular complexity index is 1310. The van der Waals surface area contributed by atoms with E-state index in [1.807, 2.05) is 13.8 Å². The Kier molecular flexibility index (Phi) is 8.33. The number of aliphatic hydroxyl groups excluding tert-OH is 1. The van der Waals surface area contributed by atoms with Gasteiger partial charge in [0.25, 0.3) is 5.91 Å². The third kappa shape index (κ3) is 6.36. The molecule has 1 amide bonds. The molecule has 2 aromatic rings. The molecule has 0 saturated heterocycles. The maximum absolute atomic E-state index is 13.4. The summed E-state index contributed by atoms with van der Waals surface area (Å²) in [7, 11) is -5.90. The third-order valence-corrected chi connectivity index (χ3v) is 8.58. The largest absolute Gasteiger partial charge is 0.488 e. The number of carbonyl (C=O) groups is 1. The van der Waals surface area contributed by atoms with Gasteiger partial charge < -0.3 is 14.7 Å². The number of anilines is 1. The summed E-state index contributed by atoms with van der Waals surface area (Å²) in [5.41, 5.74) is 1.25. The minimum absolute atomic E-state index is 0.00962. The van der Waals surface area contributed by atoms with E-state index < -0.39 is 38.1 Å². The monoisotopic (exact) mass is 539 g/mol. The molecular weight excluding hydrogens is 506 g/mol. The Labute approximate surface area is 213 Å². The van der Waals surface area contributed by atoms with Gasteiger partial charge in [0.2, 0.25) is 20.0 Å². The predicted octanol–water partition coefficient (Wildman–Crippen LogP) is 1.91. The van der Waals surface area contributed by atoms with Gasteiger partial charge in [-0.1, -0.05) is 24.6 Å². The van der Waals surface area contributed by atoms with Crippen molar-refractivity contribution in [2.45, 2.75) is 37.8 Å². The number of carbonyl (C=O) groups excluding carboxylic acids is 1. The number of amides is 1. The highest BCUT2D eigenvalue weighted by atomic mass is 32.2. The van der Waals surface area contributed by atoms with Gasteiger partial charge in [0, 0.05) is 25.2 Å². The first-order valence-corrected chi connectivity index (χ1v) is 14.8. The van der Waals surface area contributed by atoms with Crippen LogP contribution in [0, 0.1) is 12.8 Å². The highest BCUT2D eigenvalue weighted by molar-refractivity contribution is 7.92. The van der Waals surface area contributed by atoms with E-state index in [2.05, 4.69) is 4.72 Å². The fourth-order valence-corrected chi connectivity index (χ4v) is 5.70. The minimum atomic E-state index is -3.79. The maximum Gasteiger partial charge on any atom is 0.258 e. The fraction of sp³-hybridized carbons (Fsp3) is 0.458. The number of sulfonamides is 2. The zero-order chi connectivity index (χ0) is 26.8. The number of nitrogens with one attached hydrogen (secondary N) is 1. The Morgan fingerprint density at radius 3 is 2.39 bits per heavy atom. The van der Waals surface area contributed by atoms with Crippen molar-refractivity contribution in [2.24, 2.45) is 5.92 Å². The summed E-state index contributed by atoms with van der Waals surface area (Å²) in [5, 5.41) is 9.77. The molecule has 0 unspecified atom stereocenters. The number of likely N-dealkylation sites (N-methyl/N-ethyl adjacent to an activating group) is 1. The molecule has 36 heavy (non-hydrogen) atoms. The van der Waals surface area contributed by atoms with E-state index in [0.717, 1.165) is 11.8 Å². The lowest BCUT2D eigenvalue weighted by molar-refractivity contribution is 0.0387. The normalized spacial score (nSPS) is 19.8. The minimum Gasteiger partial charge on any atom is -0.488 e. The zero-order valence-corrected chi connectivity index (χ0v) is 22.6. The average molecular weight is 540 g/mol. The molecule has 12 heteroatoms. The molecule has 1 heterocycles. The van der Waals surface area contributed by atoms with E-state index in [1.165, 1.54) is 34.5 Å². The molecule has 1 aliphatic heterocycles. The predicted molar refractivity (Wildman–Crippen MR) is 137 cm³/mol. The first-order chi connectivity index (χ1) is 16.7. The first kappa shape index (κ1) is 27.9. The van der Waals surface area contributed by atoms with Gasteiger partial charge in [-0.2, -0.15) is 4.31 Å². The van der Waals surface area contributed by atoms with Crippen molar-refractivity contribution < 1.29 is 31.5 Å². The first-order valence-electron chi connectivity index (χ1n) is 11.5. The lowest BCUT2D eigenvalue weighted by atomic mass is 9.99. The summed E-state index contributed by atoms with van der Waals surface area (Å²) in [5.74, 6) is -0.512. The summed E-state index contributed by atoms with van der Waals surface area (Å²) < 4.78 is 59.5. The number of nitrogens with zero attached hydrogens (tertiary/aromatic N) is 2. The van der Waals surface area contributed by atoms with Crippen LogP contribution < -0.4 is 9.46 Å². The van der Waals surface area contributed by atoms with Crippen LogP contribution in [0.15, 0.2) is 47.4 Å². The maximum atomic E-state index is 13.4. The number of ether oxygens (including phenoxy) is 1. The molecule has 0 radical (unpaired) electrons. The standard InChI is InChI=1S/C24H33N3O7S2/c1-16-6-9-20(10-7-16)36(32,33)26(4)14-23-17(2)13-27(18(3)15-28)24(29)21-12-19(25-35(5,30)31)8-11-22(21)34-23/h6-12,17-18,23,25,28H,13-15H2,1-5H3/t17-,18-,23-/m1/s1. The molecule has 0 saturated carbocycles. The third-order valence-electron chi connectivity index (χ3n) is 6.13. The number of hydrogen-bond acceptors (Lipinski definition) is 7. The van der Waals surface area contributed by atoms with E-state index in [-0.39, 0.29) is 47.5 Å². The van der Waals surface area contributed by atoms with Crippen molar-refractivity contribution in [3.8, 4) is 5.75 Å². The second-order valence-electron chi connectivity index (χ2n) is 9.31. The van der Waals surface area contributed by atoms with Crippen LogP contribution in [0.3, 0.4) is 0 Å². The lowest BCUT2D eigenvalue weighted by Gasteiger charge is -2.38. The Morgan fingerprint density at radius 2 is 1.81 bits per heavy atom. The van der Waals surface area contributed by atoms with Crippen molar-refractivity contribution in [1.29, 1.82) is 0 Å². The molecule has 0 spiro atoms. The van der Waals surface area contributed by atoms with Gasteiger partial charge in [-0.25, -0.2) is 16.8 Å². The van der Waals surface area contributed by atoms with E-state index in [1.54, 1.807) is 31.2 Å². The second kappa shape index (κ2) is 10.8. The van der Waals surface area contributed by atoms with E-state index in [9.17, 15) is 26.7 Å². The Hall–Kier alpha value is -2.67. The van der Waals surface area contributed by atoms with Crippen LogP contribution in [-0.4, -0.2) is 82.2 Å². The topological polar surface area (TPSA) is 133 Å². The summed E-state index contributed by atoms with van der Waals surface area (Å²) >= 11 is 0. The summed E-state index contributed by atoms with van der Waals surface area (Å²) in [6, 6.07) is 10.4. The fourth-order valence-electron chi connectivity index (χ4n) is 3.96. The summed E-state index contributed by atoms with van der Waals surface area (Å²) in [6.45, 7) is 5.37. The molecule has 3 rings (SSSR count). The van der Waals surface area contributed by atoms with Crippen molar-refractivity contribution >= 4 is 31.6 Å². The highest BCUT2D eigenvalue weighted by Gasteiger charge is 2.35. The number of rotatable bonds is 8. The molecule has 0 fully saturated rings. The van der Waals surface area contributed by atoms with Crippen LogP contribution in [0.4, 0.5) is 5.69 Å². The summed E-state index contributed by atoms with van der Waals surface area (Å²) in [6.07, 6.45) is 0.369. The molecule has 10 nitrogen and oxygen atoms in total. The molecular formula is C24H33N3O7S2. The highest BCUT2D eigenvalue weighted by Crippen LogP contribution is 2.31. The molecule has 2 aromatic carbocycles. The zero-order valence-electron chi connectivity index (χ0n) is 21.0. The Morgan fingerprint density at radius 1 is 1.17 bits per heavy atom. The summed E-state index contributed by atoms with van der Waals surface area (Å²) in [4.78, 5) is 15.1. The smallest absolute Gasteiger partial charge is 0.258 e. The SMILES string of the molecule is Cc1ccc(S(=O)(=O)N(C)C[C@H]2Oc3ccc(NS(C)(=O)=O)cc3C(=O)N([C@H](C)CO)C[C@H]2C)cc1. The van der Waals surface area contributed by atoms with E-state index >= 15 is 0 Å². The quantitative estimate of drug-likeness (QED) is 0.523. The average Bonchev–Trinajstić information content (AvgIpc) is 2.80. The van der Waals surface area contributed by atoms with Crippen LogP contribution in [0.1, 0.15) is 29.8 Å². The molecule has 1 aliphatic rings. The molecule has 0 bridgehead atoms. The van der Waals surface area contributed by atoms with Crippen molar-refractivity contribution in [3.05, 3.63) is 53.6 Å². The molecule has 0 aliphatic carbocycles. The van der Waals surface area contributed by atoms with Crippen LogP contribution in [0.2, 0.25) is 0 Å². The van der Waals surface area contributed by atoms with E-state index in [0.29, 0.717) is 0 Å². The van der Waals surface area contributed by atoms with Gasteiger partial charge >= 0.3 is 0 Å². The van der Waals surface area contributed by atoms with Crippen LogP contribution >= 0.6 is 0 Å². The van der Waals surface area contributed by atoms with Crippen LogP contribution in [0.5, 0.6) is 5.75 Å². The van der Waals surface area contributed by atoms with Gasteiger partial charge in [0.1, 0.15) is 11.9 Å². The second-order valence-corrected chi connectivity index (χ2v) is 13.1.